The fourth-order valence-electron chi connectivity index (χ4n) is 2.90. The average Bonchev–Trinajstić information content (AvgIpc) is 3.01. The maximum Gasteiger partial charge on any atom is 0.412 e. The Bertz CT molecular complexity index is 873. The van der Waals surface area contributed by atoms with Crippen molar-refractivity contribution in [1.29, 1.82) is 0 Å². The Morgan fingerprint density at radius 2 is 2.07 bits per heavy atom. The Morgan fingerprint density at radius 3 is 2.79 bits per heavy atom. The fourth-order valence-corrected chi connectivity index (χ4v) is 3.95. The van der Waals surface area contributed by atoms with Crippen LogP contribution in [0.3, 0.4) is 0 Å². The predicted octanol–water partition coefficient (Wildman–Crippen LogP) is 4.12. The number of ether oxygens (including phenoxy) is 1. The summed E-state index contributed by atoms with van der Waals surface area (Å²) >= 11 is 1.52. The molecule has 0 aliphatic carbocycles. The molecule has 2 N–H and O–H groups in total. The van der Waals surface area contributed by atoms with Crippen LogP contribution in [0.25, 0.3) is 0 Å². The molecular formula is C20H26N4O3S. The SMILES string of the molecule is CCN1CCc2nc(NC(=O)c3cccc(NC(=O)OC(C)(C)C)c3)sc2C1. The first-order chi connectivity index (χ1) is 13.2. The smallest absolute Gasteiger partial charge is 0.412 e. The van der Waals surface area contributed by atoms with Gasteiger partial charge in [0, 0.05) is 35.6 Å². The summed E-state index contributed by atoms with van der Waals surface area (Å²) in [7, 11) is 0. The molecule has 0 spiro atoms. The van der Waals surface area contributed by atoms with E-state index < -0.39 is 11.7 Å². The molecule has 3 rings (SSSR count). The van der Waals surface area contributed by atoms with Gasteiger partial charge in [-0.1, -0.05) is 13.0 Å². The van der Waals surface area contributed by atoms with Gasteiger partial charge in [-0.05, 0) is 45.5 Å². The zero-order chi connectivity index (χ0) is 20.3. The first-order valence-electron chi connectivity index (χ1n) is 9.36. The van der Waals surface area contributed by atoms with Crippen molar-refractivity contribution in [2.24, 2.45) is 0 Å². The van der Waals surface area contributed by atoms with Crippen LogP contribution in [0.15, 0.2) is 24.3 Å². The minimum Gasteiger partial charge on any atom is -0.444 e. The normalized spacial score (nSPS) is 14.3. The number of carbonyl (C=O) groups excluding carboxylic acids is 2. The van der Waals surface area contributed by atoms with E-state index in [0.717, 1.165) is 31.7 Å². The van der Waals surface area contributed by atoms with Gasteiger partial charge in [0.25, 0.3) is 5.91 Å². The summed E-state index contributed by atoms with van der Waals surface area (Å²) in [5.74, 6) is -0.258. The highest BCUT2D eigenvalue weighted by molar-refractivity contribution is 7.15. The van der Waals surface area contributed by atoms with E-state index in [1.165, 1.54) is 16.2 Å². The molecule has 2 aromatic rings. The highest BCUT2D eigenvalue weighted by Crippen LogP contribution is 2.28. The molecule has 1 aromatic carbocycles. The highest BCUT2D eigenvalue weighted by Gasteiger charge is 2.21. The van der Waals surface area contributed by atoms with Gasteiger partial charge >= 0.3 is 6.09 Å². The number of rotatable bonds is 4. The Balaban J connectivity index is 1.65. The minimum atomic E-state index is -0.587. The van der Waals surface area contributed by atoms with Crippen LogP contribution in [-0.2, 0) is 17.7 Å². The molecule has 0 saturated carbocycles. The van der Waals surface area contributed by atoms with Crippen LogP contribution in [0.5, 0.6) is 0 Å². The molecule has 1 aliphatic heterocycles. The third-order valence-corrected chi connectivity index (χ3v) is 5.25. The zero-order valence-corrected chi connectivity index (χ0v) is 17.5. The van der Waals surface area contributed by atoms with Crippen molar-refractivity contribution in [3.63, 3.8) is 0 Å². The lowest BCUT2D eigenvalue weighted by Crippen LogP contribution is -2.29. The average molecular weight is 403 g/mol. The summed E-state index contributed by atoms with van der Waals surface area (Å²) < 4.78 is 5.24. The number of fused-ring (bicyclic) bond motifs is 1. The van der Waals surface area contributed by atoms with Crippen molar-refractivity contribution in [3.05, 3.63) is 40.4 Å². The first-order valence-corrected chi connectivity index (χ1v) is 10.2. The van der Waals surface area contributed by atoms with E-state index in [1.54, 1.807) is 45.0 Å². The lowest BCUT2D eigenvalue weighted by molar-refractivity contribution is 0.0635. The van der Waals surface area contributed by atoms with Gasteiger partial charge in [0.1, 0.15) is 5.60 Å². The van der Waals surface area contributed by atoms with Crippen molar-refractivity contribution < 1.29 is 14.3 Å². The van der Waals surface area contributed by atoms with Crippen LogP contribution < -0.4 is 10.6 Å². The van der Waals surface area contributed by atoms with Gasteiger partial charge < -0.3 is 4.74 Å². The van der Waals surface area contributed by atoms with Crippen LogP contribution in [0.2, 0.25) is 0 Å². The number of likely N-dealkylation sites (N-methyl/N-ethyl adjacent to an activating group) is 1. The second kappa shape index (κ2) is 8.28. The molecule has 0 atom stereocenters. The maximum absolute atomic E-state index is 12.6. The molecule has 8 heteroatoms. The number of amides is 2. The molecule has 2 heterocycles. The van der Waals surface area contributed by atoms with Crippen LogP contribution in [0, 0.1) is 0 Å². The second-order valence-electron chi connectivity index (χ2n) is 7.67. The predicted molar refractivity (Wildman–Crippen MR) is 111 cm³/mol. The van der Waals surface area contributed by atoms with Crippen LogP contribution >= 0.6 is 11.3 Å². The van der Waals surface area contributed by atoms with E-state index in [-0.39, 0.29) is 5.91 Å². The van der Waals surface area contributed by atoms with Gasteiger partial charge in [-0.2, -0.15) is 0 Å². The van der Waals surface area contributed by atoms with E-state index >= 15 is 0 Å². The summed E-state index contributed by atoms with van der Waals surface area (Å²) in [5.41, 5.74) is 1.43. The monoisotopic (exact) mass is 402 g/mol. The van der Waals surface area contributed by atoms with Crippen molar-refractivity contribution in [1.82, 2.24) is 9.88 Å². The number of nitrogens with one attached hydrogen (secondary N) is 2. The second-order valence-corrected chi connectivity index (χ2v) is 8.75. The number of hydrogen-bond donors (Lipinski definition) is 2. The van der Waals surface area contributed by atoms with E-state index in [0.29, 0.717) is 16.4 Å². The molecule has 1 aromatic heterocycles. The van der Waals surface area contributed by atoms with Gasteiger partial charge in [0.15, 0.2) is 5.13 Å². The van der Waals surface area contributed by atoms with E-state index in [2.05, 4.69) is 27.4 Å². The molecule has 150 valence electrons. The Labute approximate surface area is 169 Å². The lowest BCUT2D eigenvalue weighted by Gasteiger charge is -2.23. The molecule has 28 heavy (non-hydrogen) atoms. The molecule has 0 radical (unpaired) electrons. The topological polar surface area (TPSA) is 83.6 Å². The number of nitrogens with zero attached hydrogens (tertiary/aromatic N) is 2. The lowest BCUT2D eigenvalue weighted by atomic mass is 10.2. The Morgan fingerprint density at radius 1 is 1.29 bits per heavy atom. The fraction of sp³-hybridized carbons (Fsp3) is 0.450. The summed E-state index contributed by atoms with van der Waals surface area (Å²) in [6.45, 7) is 10.4. The number of hydrogen-bond acceptors (Lipinski definition) is 6. The van der Waals surface area contributed by atoms with Crippen LogP contribution in [0.1, 0.15) is 48.6 Å². The maximum atomic E-state index is 12.6. The number of anilines is 2. The molecule has 0 bridgehead atoms. The first kappa shape index (κ1) is 20.3. The molecular weight excluding hydrogens is 376 g/mol. The summed E-state index contributed by atoms with van der Waals surface area (Å²) in [6, 6.07) is 6.74. The van der Waals surface area contributed by atoms with Crippen LogP contribution in [-0.4, -0.2) is 40.6 Å². The van der Waals surface area contributed by atoms with Gasteiger partial charge in [0.2, 0.25) is 0 Å². The van der Waals surface area contributed by atoms with Gasteiger partial charge in [-0.15, -0.1) is 11.3 Å². The zero-order valence-electron chi connectivity index (χ0n) is 16.7. The number of benzene rings is 1. The third kappa shape index (κ3) is 5.30. The van der Waals surface area contributed by atoms with Crippen molar-refractivity contribution in [2.45, 2.75) is 46.3 Å². The standard InChI is InChI=1S/C20H26N4O3S/c1-5-24-10-9-15-16(12-24)28-18(22-15)23-17(25)13-7-6-8-14(11-13)21-19(26)27-20(2,3)4/h6-8,11H,5,9-10,12H2,1-4H3,(H,21,26)(H,22,23,25). The quantitative estimate of drug-likeness (QED) is 0.804. The molecule has 0 saturated heterocycles. The van der Waals surface area contributed by atoms with Crippen molar-refractivity contribution in [2.75, 3.05) is 23.7 Å². The van der Waals surface area contributed by atoms with Gasteiger partial charge in [-0.25, -0.2) is 9.78 Å². The summed E-state index contributed by atoms with van der Waals surface area (Å²) in [5, 5.41) is 6.13. The summed E-state index contributed by atoms with van der Waals surface area (Å²) in [4.78, 5) is 32.7. The molecule has 2 amide bonds. The molecule has 0 fully saturated rings. The Kier molecular flexibility index (Phi) is 6.00. The number of aromatic nitrogens is 1. The molecule has 1 aliphatic rings. The van der Waals surface area contributed by atoms with E-state index in [1.807, 2.05) is 0 Å². The highest BCUT2D eigenvalue weighted by atomic mass is 32.1. The van der Waals surface area contributed by atoms with Crippen LogP contribution in [0.4, 0.5) is 15.6 Å². The minimum absolute atomic E-state index is 0.258. The van der Waals surface area contributed by atoms with Crippen molar-refractivity contribution in [3.8, 4) is 0 Å². The molecule has 7 nitrogen and oxygen atoms in total. The van der Waals surface area contributed by atoms with Crippen molar-refractivity contribution >= 4 is 34.2 Å². The Hall–Kier alpha value is -2.45. The van der Waals surface area contributed by atoms with E-state index in [9.17, 15) is 9.59 Å². The number of carbonyl (C=O) groups is 2. The van der Waals surface area contributed by atoms with Gasteiger partial charge in [-0.3, -0.25) is 20.3 Å². The molecule has 0 unspecified atom stereocenters. The van der Waals surface area contributed by atoms with E-state index in [4.69, 9.17) is 4.74 Å². The number of thiazole rings is 1. The third-order valence-electron chi connectivity index (χ3n) is 4.25. The summed E-state index contributed by atoms with van der Waals surface area (Å²) in [6.07, 6.45) is 0.350. The largest absolute Gasteiger partial charge is 0.444 e. The van der Waals surface area contributed by atoms with Gasteiger partial charge in [0.05, 0.1) is 5.69 Å².